The number of carbonyl (C=O) groups is 2. The van der Waals surface area contributed by atoms with E-state index in [2.05, 4.69) is 0 Å². The second kappa shape index (κ2) is 12.5. The smallest absolute Gasteiger partial charge is 0.271 e. The maximum absolute atomic E-state index is 13.7. The molecule has 224 valence electrons. The van der Waals surface area contributed by atoms with Crippen LogP contribution in [0.1, 0.15) is 31.7 Å². The zero-order valence-electron chi connectivity index (χ0n) is 24.0. The first-order valence-electron chi connectivity index (χ1n) is 14.2. The van der Waals surface area contributed by atoms with Crippen LogP contribution in [0.4, 0.5) is 11.4 Å². The molecule has 3 aromatic carbocycles. The van der Waals surface area contributed by atoms with Gasteiger partial charge in [-0.1, -0.05) is 48.0 Å². The molecule has 4 atom stereocenters. The summed E-state index contributed by atoms with van der Waals surface area (Å²) in [6.45, 7) is 1.62. The molecular weight excluding hydrogens is 552 g/mol. The average Bonchev–Trinajstić information content (AvgIpc) is 3.25. The van der Waals surface area contributed by atoms with Gasteiger partial charge in [-0.2, -0.15) is 0 Å². The zero-order valence-corrected chi connectivity index (χ0v) is 24.0. The molecular formula is C33H34N2O8. The first-order valence-corrected chi connectivity index (χ1v) is 14.2. The van der Waals surface area contributed by atoms with Gasteiger partial charge in [0.2, 0.25) is 11.8 Å². The van der Waals surface area contributed by atoms with E-state index in [9.17, 15) is 35.0 Å². The Hall–Kier alpha value is -4.38. The molecule has 1 heterocycles. The van der Waals surface area contributed by atoms with Crippen molar-refractivity contribution in [2.45, 2.75) is 32.3 Å². The number of allylic oxidation sites excluding steroid dienone is 1. The van der Waals surface area contributed by atoms with Crippen LogP contribution in [-0.4, -0.2) is 58.5 Å². The Bertz CT molecular complexity index is 1640. The van der Waals surface area contributed by atoms with Crippen molar-refractivity contribution in [2.75, 3.05) is 25.2 Å². The largest absolute Gasteiger partial charge is 0.507 e. The topological polar surface area (TPSA) is 150 Å². The highest BCUT2D eigenvalue weighted by molar-refractivity contribution is 6.22. The molecule has 3 aromatic rings. The van der Waals surface area contributed by atoms with E-state index in [4.69, 9.17) is 4.74 Å². The van der Waals surface area contributed by atoms with Crippen LogP contribution in [0.5, 0.6) is 5.75 Å². The minimum Gasteiger partial charge on any atom is -0.507 e. The van der Waals surface area contributed by atoms with Crippen molar-refractivity contribution in [1.29, 1.82) is 0 Å². The van der Waals surface area contributed by atoms with Gasteiger partial charge in [-0.05, 0) is 60.4 Å². The number of nitro groups is 1. The van der Waals surface area contributed by atoms with Gasteiger partial charge in [0.15, 0.2) is 0 Å². The molecule has 0 unspecified atom stereocenters. The normalized spacial score (nSPS) is 21.4. The number of carbonyl (C=O) groups excluding carboxylic acids is 2. The number of fused-ring (bicyclic) bond motifs is 2. The Morgan fingerprint density at radius 3 is 2.56 bits per heavy atom. The summed E-state index contributed by atoms with van der Waals surface area (Å²) in [5.41, 5.74) is 2.96. The molecule has 1 fully saturated rings. The zero-order chi connectivity index (χ0) is 30.8. The average molecular weight is 587 g/mol. The van der Waals surface area contributed by atoms with Gasteiger partial charge in [0.05, 0.1) is 41.8 Å². The summed E-state index contributed by atoms with van der Waals surface area (Å²) in [5.74, 6) is -3.35. The molecule has 10 heteroatoms. The maximum Gasteiger partial charge on any atom is 0.271 e. The molecule has 0 saturated carbocycles. The lowest BCUT2D eigenvalue weighted by atomic mass is 9.68. The Morgan fingerprint density at radius 1 is 1.12 bits per heavy atom. The monoisotopic (exact) mass is 586 g/mol. The highest BCUT2D eigenvalue weighted by Crippen LogP contribution is 2.47. The summed E-state index contributed by atoms with van der Waals surface area (Å²) in [5, 5.41) is 45.2. The number of imide groups is 1. The fourth-order valence-corrected chi connectivity index (χ4v) is 6.56. The van der Waals surface area contributed by atoms with Gasteiger partial charge in [0.1, 0.15) is 5.75 Å². The fraction of sp³-hybridized carbons (Fsp3) is 0.333. The molecule has 1 aliphatic carbocycles. The Morgan fingerprint density at radius 2 is 1.86 bits per heavy atom. The first kappa shape index (κ1) is 30.1. The van der Waals surface area contributed by atoms with E-state index in [1.165, 1.54) is 31.4 Å². The number of methoxy groups -OCH3 is 1. The van der Waals surface area contributed by atoms with Crippen molar-refractivity contribution < 1.29 is 34.6 Å². The number of aliphatic hydroxyl groups is 2. The number of benzene rings is 3. The van der Waals surface area contributed by atoms with Gasteiger partial charge in [-0.25, -0.2) is 4.90 Å². The SMILES string of the molecule is COCC1=C([C@H](O)CC/C(C)=C/c2ccc(O)c3ccccc23)[C@H](CO)[C@@H]2C(=O)N(c3cccc([N+](=O)[O-])c3)C(=O)[C@@H]2C1. The van der Waals surface area contributed by atoms with Crippen LogP contribution in [-0.2, 0) is 14.3 Å². The Kier molecular flexibility index (Phi) is 8.72. The van der Waals surface area contributed by atoms with Crippen molar-refractivity contribution in [3.63, 3.8) is 0 Å². The van der Waals surface area contributed by atoms with E-state index in [0.717, 1.165) is 26.8 Å². The van der Waals surface area contributed by atoms with Crippen LogP contribution in [0.25, 0.3) is 16.8 Å². The predicted molar refractivity (Wildman–Crippen MR) is 161 cm³/mol. The third-order valence-corrected chi connectivity index (χ3v) is 8.51. The minimum atomic E-state index is -1.00. The number of nitro benzene ring substituents is 1. The lowest BCUT2D eigenvalue weighted by Crippen LogP contribution is -2.39. The van der Waals surface area contributed by atoms with Crippen molar-refractivity contribution in [3.05, 3.63) is 93.1 Å². The van der Waals surface area contributed by atoms with E-state index in [-0.39, 0.29) is 30.2 Å². The molecule has 5 rings (SSSR count). The molecule has 2 aliphatic rings. The number of hydrogen-bond donors (Lipinski definition) is 3. The summed E-state index contributed by atoms with van der Waals surface area (Å²) in [6, 6.07) is 16.4. The molecule has 0 spiro atoms. The summed E-state index contributed by atoms with van der Waals surface area (Å²) < 4.78 is 5.41. The molecule has 0 radical (unpaired) electrons. The highest BCUT2D eigenvalue weighted by atomic mass is 16.6. The Labute approximate surface area is 248 Å². The number of phenols is 1. The summed E-state index contributed by atoms with van der Waals surface area (Å²) in [7, 11) is 1.50. The van der Waals surface area contributed by atoms with Crippen molar-refractivity contribution in [2.24, 2.45) is 17.8 Å². The van der Waals surface area contributed by atoms with E-state index >= 15 is 0 Å². The van der Waals surface area contributed by atoms with E-state index in [1.54, 1.807) is 6.07 Å². The number of aliphatic hydroxyl groups excluding tert-OH is 2. The number of non-ortho nitro benzene ring substituents is 1. The van der Waals surface area contributed by atoms with Crippen LogP contribution in [0.15, 0.2) is 77.4 Å². The summed E-state index contributed by atoms with van der Waals surface area (Å²) in [4.78, 5) is 38.9. The molecule has 2 amide bonds. The Balaban J connectivity index is 1.40. The standard InChI is InChI=1S/C33H34N2O8/c1-19(14-20-11-13-28(37)25-9-4-3-8-24(20)25)10-12-29(38)30-21(18-43-2)15-26-31(27(30)17-36)33(40)34(32(26)39)22-6-5-7-23(16-22)35(41)42/h3-9,11,13-14,16,26-27,29,31,36-38H,10,12,15,17-18H2,1-2H3/b19-14+/t26-,27+,29-,31-/m1/s1. The number of nitrogens with zero attached hydrogens (tertiary/aromatic N) is 2. The van der Waals surface area contributed by atoms with Crippen LogP contribution >= 0.6 is 0 Å². The van der Waals surface area contributed by atoms with Gasteiger partial charge >= 0.3 is 0 Å². The molecule has 43 heavy (non-hydrogen) atoms. The second-order valence-corrected chi connectivity index (χ2v) is 11.2. The maximum atomic E-state index is 13.7. The number of aromatic hydroxyl groups is 1. The molecule has 3 N–H and O–H groups in total. The predicted octanol–water partition coefficient (Wildman–Crippen LogP) is 4.76. The van der Waals surface area contributed by atoms with Gasteiger partial charge in [0.25, 0.3) is 5.69 Å². The van der Waals surface area contributed by atoms with E-state index < -0.39 is 47.2 Å². The molecule has 10 nitrogen and oxygen atoms in total. The quantitative estimate of drug-likeness (QED) is 0.133. The van der Waals surface area contributed by atoms with Crippen LogP contribution in [0, 0.1) is 27.9 Å². The molecule has 0 bridgehead atoms. The fourth-order valence-electron chi connectivity index (χ4n) is 6.56. The number of rotatable bonds is 10. The first-order chi connectivity index (χ1) is 20.7. The van der Waals surface area contributed by atoms with Gasteiger partial charge in [0, 0.05) is 30.5 Å². The lowest BCUT2D eigenvalue weighted by molar-refractivity contribution is -0.384. The molecule has 0 aromatic heterocycles. The highest BCUT2D eigenvalue weighted by Gasteiger charge is 2.55. The van der Waals surface area contributed by atoms with Gasteiger partial charge in [-0.3, -0.25) is 19.7 Å². The lowest BCUT2D eigenvalue weighted by Gasteiger charge is -2.36. The number of phenolic OH excluding ortho intramolecular Hbond substituents is 1. The summed E-state index contributed by atoms with van der Waals surface area (Å²) in [6.07, 6.45) is 2.00. The van der Waals surface area contributed by atoms with Gasteiger partial charge < -0.3 is 20.1 Å². The molecule has 1 saturated heterocycles. The third kappa shape index (κ3) is 5.69. The minimum absolute atomic E-state index is 0.105. The van der Waals surface area contributed by atoms with Crippen molar-refractivity contribution in [1.82, 2.24) is 0 Å². The third-order valence-electron chi connectivity index (χ3n) is 8.51. The number of amides is 2. The van der Waals surface area contributed by atoms with Crippen LogP contribution < -0.4 is 4.90 Å². The van der Waals surface area contributed by atoms with E-state index in [0.29, 0.717) is 24.0 Å². The van der Waals surface area contributed by atoms with Crippen LogP contribution in [0.3, 0.4) is 0 Å². The number of anilines is 1. The van der Waals surface area contributed by atoms with Crippen molar-refractivity contribution >= 4 is 40.0 Å². The van der Waals surface area contributed by atoms with Crippen molar-refractivity contribution in [3.8, 4) is 5.75 Å². The molecule has 1 aliphatic heterocycles. The van der Waals surface area contributed by atoms with Crippen LogP contribution in [0.2, 0.25) is 0 Å². The number of hydrogen-bond acceptors (Lipinski definition) is 8. The van der Waals surface area contributed by atoms with E-state index in [1.807, 2.05) is 43.3 Å². The van der Waals surface area contributed by atoms with Gasteiger partial charge in [-0.15, -0.1) is 0 Å². The second-order valence-electron chi connectivity index (χ2n) is 11.2. The number of ether oxygens (including phenoxy) is 1. The summed E-state index contributed by atoms with van der Waals surface area (Å²) >= 11 is 0.